The molecule has 0 N–H and O–H groups in total. The summed E-state index contributed by atoms with van der Waals surface area (Å²) in [5, 5.41) is 9.68. The van der Waals surface area contributed by atoms with Crippen LogP contribution in [0.1, 0.15) is 22.1 Å². The maximum atomic E-state index is 12.2. The van der Waals surface area contributed by atoms with Gasteiger partial charge in [-0.25, -0.2) is 4.98 Å². The molecule has 0 bridgehead atoms. The maximum absolute atomic E-state index is 12.2. The Bertz CT molecular complexity index is 627. The van der Waals surface area contributed by atoms with Crippen LogP contribution < -0.4 is 0 Å². The first-order valence-electron chi connectivity index (χ1n) is 5.30. The predicted octanol–water partition coefficient (Wildman–Crippen LogP) is 2.56. The number of ketones is 1. The SMILES string of the molecule is Cn1ccnc1C(=O)C(C#N)c1cccc(Cl)c1. The summed E-state index contributed by atoms with van der Waals surface area (Å²) in [6, 6.07) is 8.74. The molecule has 4 nitrogen and oxygen atoms in total. The number of nitrogens with zero attached hydrogens (tertiary/aromatic N) is 3. The number of halogens is 1. The molecule has 0 aliphatic heterocycles. The van der Waals surface area contributed by atoms with Crippen LogP contribution in [0.3, 0.4) is 0 Å². The van der Waals surface area contributed by atoms with Crippen LogP contribution in [0.2, 0.25) is 5.02 Å². The highest BCUT2D eigenvalue weighted by Crippen LogP contribution is 2.22. The van der Waals surface area contributed by atoms with E-state index in [0.29, 0.717) is 10.6 Å². The molecular weight excluding hydrogens is 250 g/mol. The van der Waals surface area contributed by atoms with Gasteiger partial charge in [0.05, 0.1) is 6.07 Å². The van der Waals surface area contributed by atoms with Crippen LogP contribution in [0.15, 0.2) is 36.7 Å². The minimum Gasteiger partial charge on any atom is -0.332 e. The van der Waals surface area contributed by atoms with Crippen LogP contribution in [0.25, 0.3) is 0 Å². The van der Waals surface area contributed by atoms with E-state index in [1.165, 1.54) is 6.20 Å². The average molecular weight is 260 g/mol. The van der Waals surface area contributed by atoms with Gasteiger partial charge >= 0.3 is 0 Å². The Balaban J connectivity index is 2.39. The van der Waals surface area contributed by atoms with Crippen LogP contribution in [0, 0.1) is 11.3 Å². The third-order valence-corrected chi connectivity index (χ3v) is 2.85. The Kier molecular flexibility index (Phi) is 3.45. The predicted molar refractivity (Wildman–Crippen MR) is 67.3 cm³/mol. The number of aryl methyl sites for hydroxylation is 1. The summed E-state index contributed by atoms with van der Waals surface area (Å²) in [4.78, 5) is 16.2. The van der Waals surface area contributed by atoms with Crippen LogP contribution in [-0.4, -0.2) is 15.3 Å². The highest BCUT2D eigenvalue weighted by molar-refractivity contribution is 6.30. The highest BCUT2D eigenvalue weighted by Gasteiger charge is 2.24. The number of imidazole rings is 1. The fraction of sp³-hybridized carbons (Fsp3) is 0.154. The quantitative estimate of drug-likeness (QED) is 0.796. The summed E-state index contributed by atoms with van der Waals surface area (Å²) < 4.78 is 1.59. The molecule has 0 amide bonds. The van der Waals surface area contributed by atoms with Gasteiger partial charge in [-0.15, -0.1) is 0 Å². The zero-order chi connectivity index (χ0) is 13.1. The lowest BCUT2D eigenvalue weighted by atomic mass is 9.96. The molecule has 2 rings (SSSR count). The van der Waals surface area contributed by atoms with Crippen molar-refractivity contribution in [2.24, 2.45) is 7.05 Å². The number of nitriles is 1. The Morgan fingerprint density at radius 1 is 1.56 bits per heavy atom. The molecule has 0 fully saturated rings. The summed E-state index contributed by atoms with van der Waals surface area (Å²) >= 11 is 5.87. The van der Waals surface area contributed by atoms with Crippen molar-refractivity contribution in [3.05, 3.63) is 53.1 Å². The van der Waals surface area contributed by atoms with Crippen molar-refractivity contribution in [2.75, 3.05) is 0 Å². The molecule has 1 unspecified atom stereocenters. The lowest BCUT2D eigenvalue weighted by Crippen LogP contribution is -2.15. The van der Waals surface area contributed by atoms with Crippen molar-refractivity contribution in [3.8, 4) is 6.07 Å². The molecule has 0 radical (unpaired) electrons. The second-order valence-electron chi connectivity index (χ2n) is 3.84. The van der Waals surface area contributed by atoms with Gasteiger partial charge in [0.15, 0.2) is 5.82 Å². The Labute approximate surface area is 109 Å². The molecule has 90 valence electrons. The van der Waals surface area contributed by atoms with E-state index in [4.69, 9.17) is 11.6 Å². The second kappa shape index (κ2) is 5.03. The molecule has 5 heteroatoms. The summed E-state index contributed by atoms with van der Waals surface area (Å²) in [6.45, 7) is 0. The van der Waals surface area contributed by atoms with Crippen LogP contribution in [0.5, 0.6) is 0 Å². The van der Waals surface area contributed by atoms with E-state index in [-0.39, 0.29) is 11.6 Å². The van der Waals surface area contributed by atoms with Gasteiger partial charge in [-0.2, -0.15) is 5.26 Å². The number of hydrogen-bond donors (Lipinski definition) is 0. The van der Waals surface area contributed by atoms with Gasteiger partial charge in [0.25, 0.3) is 0 Å². The van der Waals surface area contributed by atoms with Gasteiger partial charge in [0.2, 0.25) is 5.78 Å². The fourth-order valence-electron chi connectivity index (χ4n) is 1.70. The van der Waals surface area contributed by atoms with E-state index in [9.17, 15) is 10.1 Å². The van der Waals surface area contributed by atoms with Gasteiger partial charge in [-0.3, -0.25) is 4.79 Å². The third-order valence-electron chi connectivity index (χ3n) is 2.61. The van der Waals surface area contributed by atoms with Crippen molar-refractivity contribution in [2.45, 2.75) is 5.92 Å². The van der Waals surface area contributed by atoms with Crippen LogP contribution >= 0.6 is 11.6 Å². The van der Waals surface area contributed by atoms with Gasteiger partial charge in [-0.1, -0.05) is 23.7 Å². The molecule has 2 aromatic rings. The minimum absolute atomic E-state index is 0.265. The molecule has 1 aromatic heterocycles. The Morgan fingerprint density at radius 2 is 2.33 bits per heavy atom. The zero-order valence-electron chi connectivity index (χ0n) is 9.67. The lowest BCUT2D eigenvalue weighted by Gasteiger charge is -2.08. The first-order valence-corrected chi connectivity index (χ1v) is 5.68. The summed E-state index contributed by atoms with van der Waals surface area (Å²) in [5.41, 5.74) is 0.581. The molecule has 0 spiro atoms. The number of rotatable bonds is 3. The molecule has 0 saturated heterocycles. The second-order valence-corrected chi connectivity index (χ2v) is 4.28. The molecule has 0 aliphatic carbocycles. The first kappa shape index (κ1) is 12.3. The van der Waals surface area contributed by atoms with Gasteiger partial charge in [-0.05, 0) is 17.7 Å². The molecule has 1 aromatic carbocycles. The van der Waals surface area contributed by atoms with Gasteiger partial charge < -0.3 is 4.57 Å². The molecule has 1 heterocycles. The monoisotopic (exact) mass is 259 g/mol. The molecular formula is C13H10ClN3O. The summed E-state index contributed by atoms with van der Waals surface area (Å²) in [5.74, 6) is -0.946. The molecule has 0 aliphatic rings. The number of hydrogen-bond acceptors (Lipinski definition) is 3. The van der Waals surface area contributed by atoms with E-state index in [2.05, 4.69) is 4.98 Å². The van der Waals surface area contributed by atoms with E-state index in [1.54, 1.807) is 42.1 Å². The molecule has 1 atom stereocenters. The van der Waals surface area contributed by atoms with Gasteiger partial charge in [0, 0.05) is 24.5 Å². The number of carbonyl (C=O) groups excluding carboxylic acids is 1. The van der Waals surface area contributed by atoms with E-state index < -0.39 is 5.92 Å². The fourth-order valence-corrected chi connectivity index (χ4v) is 1.90. The largest absolute Gasteiger partial charge is 0.332 e. The highest BCUT2D eigenvalue weighted by atomic mass is 35.5. The van der Waals surface area contributed by atoms with Crippen LogP contribution in [-0.2, 0) is 7.05 Å². The number of carbonyl (C=O) groups is 1. The standard InChI is InChI=1S/C13H10ClN3O/c1-17-6-5-16-13(17)12(18)11(8-15)9-3-2-4-10(14)7-9/h2-7,11H,1H3. The average Bonchev–Trinajstić information content (AvgIpc) is 2.76. The Morgan fingerprint density at radius 3 is 2.89 bits per heavy atom. The van der Waals surface area contributed by atoms with Crippen molar-refractivity contribution < 1.29 is 4.79 Å². The number of benzene rings is 1. The molecule has 0 saturated carbocycles. The Hall–Kier alpha value is -2.12. The van der Waals surface area contributed by atoms with E-state index in [0.717, 1.165) is 0 Å². The van der Waals surface area contributed by atoms with Crippen molar-refractivity contribution in [3.63, 3.8) is 0 Å². The molecule has 18 heavy (non-hydrogen) atoms. The topological polar surface area (TPSA) is 58.7 Å². The number of aromatic nitrogens is 2. The first-order chi connectivity index (χ1) is 8.63. The normalized spacial score (nSPS) is 11.8. The summed E-state index contributed by atoms with van der Waals surface area (Å²) in [6.07, 6.45) is 3.19. The van der Waals surface area contributed by atoms with Crippen molar-refractivity contribution >= 4 is 17.4 Å². The van der Waals surface area contributed by atoms with Crippen LogP contribution in [0.4, 0.5) is 0 Å². The third kappa shape index (κ3) is 2.27. The van der Waals surface area contributed by atoms with E-state index >= 15 is 0 Å². The van der Waals surface area contributed by atoms with Crippen molar-refractivity contribution in [1.82, 2.24) is 9.55 Å². The maximum Gasteiger partial charge on any atom is 0.219 e. The number of Topliss-reactive ketones (excluding diaryl/α,β-unsaturated/α-hetero) is 1. The van der Waals surface area contributed by atoms with Crippen molar-refractivity contribution in [1.29, 1.82) is 5.26 Å². The zero-order valence-corrected chi connectivity index (χ0v) is 10.4. The van der Waals surface area contributed by atoms with E-state index in [1.807, 2.05) is 6.07 Å². The lowest BCUT2D eigenvalue weighted by molar-refractivity contribution is 0.0966. The smallest absolute Gasteiger partial charge is 0.219 e. The van der Waals surface area contributed by atoms with Gasteiger partial charge in [0.1, 0.15) is 5.92 Å². The summed E-state index contributed by atoms with van der Waals surface area (Å²) in [7, 11) is 1.71. The minimum atomic E-state index is -0.884.